The van der Waals surface area contributed by atoms with Gasteiger partial charge in [-0.25, -0.2) is 9.59 Å². The first-order valence-electron chi connectivity index (χ1n) is 6.91. The highest BCUT2D eigenvalue weighted by Gasteiger charge is 2.29. The first-order valence-corrected chi connectivity index (χ1v) is 6.91. The summed E-state index contributed by atoms with van der Waals surface area (Å²) >= 11 is 0. The molecule has 6 nitrogen and oxygen atoms in total. The molecule has 1 aromatic carbocycles. The molecule has 0 atom stereocenters. The van der Waals surface area contributed by atoms with E-state index in [9.17, 15) is 14.7 Å². The van der Waals surface area contributed by atoms with Gasteiger partial charge in [-0.2, -0.15) is 0 Å². The predicted molar refractivity (Wildman–Crippen MR) is 78.5 cm³/mol. The molecule has 0 heterocycles. The summed E-state index contributed by atoms with van der Waals surface area (Å²) in [6.07, 6.45) is 1.22. The molecule has 2 amide bonds. The van der Waals surface area contributed by atoms with Gasteiger partial charge in [0.2, 0.25) is 0 Å². The summed E-state index contributed by atoms with van der Waals surface area (Å²) in [4.78, 5) is 24.7. The van der Waals surface area contributed by atoms with E-state index in [0.717, 1.165) is 12.8 Å². The van der Waals surface area contributed by atoms with Gasteiger partial charge in [-0.15, -0.1) is 0 Å². The van der Waals surface area contributed by atoms with Crippen LogP contribution < -0.4 is 5.32 Å². The molecule has 3 N–H and O–H groups in total. The van der Waals surface area contributed by atoms with Crippen molar-refractivity contribution in [1.82, 2.24) is 4.90 Å². The number of carboxylic acid groups (broad SMARTS) is 1. The highest BCUT2D eigenvalue weighted by atomic mass is 16.4. The Morgan fingerprint density at radius 3 is 2.62 bits per heavy atom. The maximum absolute atomic E-state index is 12.1. The summed E-state index contributed by atoms with van der Waals surface area (Å²) < 4.78 is 0. The molecule has 6 heteroatoms. The Kier molecular flexibility index (Phi) is 4.47. The lowest BCUT2D eigenvalue weighted by Gasteiger charge is -2.34. The summed E-state index contributed by atoms with van der Waals surface area (Å²) in [6.45, 7) is 2.25. The molecule has 0 bridgehead atoms. The van der Waals surface area contributed by atoms with Gasteiger partial charge in [-0.05, 0) is 43.4 Å². The normalized spacial score (nSPS) is 20.5. The van der Waals surface area contributed by atoms with Crippen molar-refractivity contribution >= 4 is 17.7 Å². The minimum atomic E-state index is -1.01. The van der Waals surface area contributed by atoms with Crippen LogP contribution in [0.2, 0.25) is 0 Å². The van der Waals surface area contributed by atoms with Crippen LogP contribution in [0, 0.1) is 12.8 Å². The van der Waals surface area contributed by atoms with Crippen LogP contribution in [0.3, 0.4) is 0 Å². The highest BCUT2D eigenvalue weighted by Crippen LogP contribution is 2.28. The third kappa shape index (κ3) is 3.52. The van der Waals surface area contributed by atoms with Gasteiger partial charge in [0, 0.05) is 19.3 Å². The number of urea groups is 1. The van der Waals surface area contributed by atoms with E-state index in [4.69, 9.17) is 5.11 Å². The van der Waals surface area contributed by atoms with Crippen LogP contribution >= 0.6 is 0 Å². The molecule has 1 aliphatic rings. The number of nitrogens with zero attached hydrogens (tertiary/aromatic N) is 1. The third-order valence-electron chi connectivity index (χ3n) is 3.90. The second-order valence-electron chi connectivity index (χ2n) is 5.59. The van der Waals surface area contributed by atoms with E-state index >= 15 is 0 Å². The minimum absolute atomic E-state index is 0.178. The molecule has 21 heavy (non-hydrogen) atoms. The van der Waals surface area contributed by atoms with Gasteiger partial charge in [0.25, 0.3) is 0 Å². The van der Waals surface area contributed by atoms with Crippen LogP contribution in [0.25, 0.3) is 0 Å². The van der Waals surface area contributed by atoms with Gasteiger partial charge in [0.05, 0.1) is 11.7 Å². The Morgan fingerprint density at radius 1 is 1.38 bits per heavy atom. The number of aliphatic hydroxyl groups is 1. The van der Waals surface area contributed by atoms with E-state index < -0.39 is 5.97 Å². The van der Waals surface area contributed by atoms with Crippen LogP contribution in [0.4, 0.5) is 10.5 Å². The van der Waals surface area contributed by atoms with Crippen molar-refractivity contribution < 1.29 is 19.8 Å². The second kappa shape index (κ2) is 6.13. The van der Waals surface area contributed by atoms with E-state index in [1.165, 1.54) is 6.07 Å². The van der Waals surface area contributed by atoms with Crippen molar-refractivity contribution in [3.8, 4) is 0 Å². The molecular formula is C15H20N2O4. The largest absolute Gasteiger partial charge is 0.478 e. The quantitative estimate of drug-likeness (QED) is 0.791. The summed E-state index contributed by atoms with van der Waals surface area (Å²) in [6, 6.07) is 4.52. The van der Waals surface area contributed by atoms with Crippen molar-refractivity contribution in [2.45, 2.75) is 25.9 Å². The van der Waals surface area contributed by atoms with E-state index in [1.807, 2.05) is 0 Å². The molecule has 0 aromatic heterocycles. The van der Waals surface area contributed by atoms with Gasteiger partial charge < -0.3 is 20.4 Å². The van der Waals surface area contributed by atoms with Crippen LogP contribution in [0.5, 0.6) is 0 Å². The fraction of sp³-hybridized carbons (Fsp3) is 0.467. The maximum atomic E-state index is 12.1. The fourth-order valence-electron chi connectivity index (χ4n) is 2.53. The average Bonchev–Trinajstić information content (AvgIpc) is 2.38. The van der Waals surface area contributed by atoms with Crippen LogP contribution in [0.15, 0.2) is 18.2 Å². The summed E-state index contributed by atoms with van der Waals surface area (Å²) in [7, 11) is 1.69. The smallest absolute Gasteiger partial charge is 0.336 e. The number of carbonyl (C=O) groups excluding carboxylic acids is 1. The van der Waals surface area contributed by atoms with Crippen molar-refractivity contribution in [2.24, 2.45) is 5.92 Å². The molecule has 114 valence electrons. The zero-order valence-corrected chi connectivity index (χ0v) is 12.2. The van der Waals surface area contributed by atoms with Crippen molar-refractivity contribution in [2.75, 3.05) is 18.9 Å². The number of hydrogen-bond acceptors (Lipinski definition) is 3. The standard InChI is InChI=1S/C15H20N2O4/c1-9-12(14(19)20)4-3-5-13(9)16-15(21)17(2)8-10-6-11(18)7-10/h3-5,10-11,18H,6-8H2,1-2H3,(H,16,21)(H,19,20). The minimum Gasteiger partial charge on any atom is -0.478 e. The number of benzene rings is 1. The molecule has 0 radical (unpaired) electrons. The van der Waals surface area contributed by atoms with Gasteiger partial charge in [0.1, 0.15) is 0 Å². The van der Waals surface area contributed by atoms with Gasteiger partial charge in [-0.3, -0.25) is 0 Å². The molecule has 0 spiro atoms. The maximum Gasteiger partial charge on any atom is 0.336 e. The number of carbonyl (C=O) groups is 2. The molecule has 0 aliphatic heterocycles. The molecule has 1 aromatic rings. The topological polar surface area (TPSA) is 89.9 Å². The number of nitrogens with one attached hydrogen (secondary N) is 1. The molecule has 1 saturated carbocycles. The van der Waals surface area contributed by atoms with Gasteiger partial charge >= 0.3 is 12.0 Å². The molecular weight excluding hydrogens is 272 g/mol. The van der Waals surface area contributed by atoms with Crippen LogP contribution in [0.1, 0.15) is 28.8 Å². The summed E-state index contributed by atoms with van der Waals surface area (Å²) in [5.41, 5.74) is 1.21. The van der Waals surface area contributed by atoms with E-state index in [-0.39, 0.29) is 17.7 Å². The SMILES string of the molecule is Cc1c(NC(=O)N(C)CC2CC(O)C2)cccc1C(=O)O. The zero-order chi connectivity index (χ0) is 15.6. The monoisotopic (exact) mass is 292 g/mol. The second-order valence-corrected chi connectivity index (χ2v) is 5.59. The number of aliphatic hydroxyl groups excluding tert-OH is 1. The Bertz CT molecular complexity index is 553. The summed E-state index contributed by atoms with van der Waals surface area (Å²) in [5, 5.41) is 21.1. The Morgan fingerprint density at radius 2 is 2.05 bits per heavy atom. The van der Waals surface area contributed by atoms with Crippen LogP contribution in [-0.4, -0.2) is 46.8 Å². The molecule has 1 fully saturated rings. The number of amides is 2. The molecule has 2 rings (SSSR count). The highest BCUT2D eigenvalue weighted by molar-refractivity contribution is 5.95. The number of anilines is 1. The number of aromatic carboxylic acids is 1. The Hall–Kier alpha value is -2.08. The predicted octanol–water partition coefficient (Wildman–Crippen LogP) is 1.93. The van der Waals surface area contributed by atoms with Gasteiger partial charge in [0.15, 0.2) is 0 Å². The Labute approximate surface area is 123 Å². The van der Waals surface area contributed by atoms with Crippen LogP contribution in [-0.2, 0) is 0 Å². The number of rotatable bonds is 4. The molecule has 1 aliphatic carbocycles. The van der Waals surface area contributed by atoms with Crippen molar-refractivity contribution in [3.05, 3.63) is 29.3 Å². The lowest BCUT2D eigenvalue weighted by Crippen LogP contribution is -2.41. The van der Waals surface area contributed by atoms with E-state index in [1.54, 1.807) is 31.0 Å². The van der Waals surface area contributed by atoms with Crippen molar-refractivity contribution in [3.63, 3.8) is 0 Å². The zero-order valence-electron chi connectivity index (χ0n) is 12.2. The third-order valence-corrected chi connectivity index (χ3v) is 3.90. The lowest BCUT2D eigenvalue weighted by atomic mass is 9.82. The number of carboxylic acids is 1. The first-order chi connectivity index (χ1) is 9.88. The molecule has 0 saturated heterocycles. The molecule has 0 unspecified atom stereocenters. The van der Waals surface area contributed by atoms with E-state index in [0.29, 0.717) is 23.7 Å². The fourth-order valence-corrected chi connectivity index (χ4v) is 2.53. The van der Waals surface area contributed by atoms with Crippen molar-refractivity contribution in [1.29, 1.82) is 0 Å². The average molecular weight is 292 g/mol. The number of hydrogen-bond donors (Lipinski definition) is 3. The summed E-state index contributed by atoms with van der Waals surface area (Å²) in [5.74, 6) is -0.678. The Balaban J connectivity index is 1.99. The van der Waals surface area contributed by atoms with E-state index in [2.05, 4.69) is 5.32 Å². The lowest BCUT2D eigenvalue weighted by molar-refractivity contribution is 0.0332. The van der Waals surface area contributed by atoms with Gasteiger partial charge in [-0.1, -0.05) is 6.07 Å². The first kappa shape index (κ1) is 15.3.